The van der Waals surface area contributed by atoms with Crippen LogP contribution in [-0.2, 0) is 14.3 Å². The SMILES string of the molecule is COCC(=O)N1CCC2(CC1)C[C@@H](N1CCN(C)CC1)CO2. The first-order valence-electron chi connectivity index (χ1n) is 8.45. The van der Waals surface area contributed by atoms with E-state index in [1.54, 1.807) is 7.11 Å². The Hall–Kier alpha value is -0.690. The summed E-state index contributed by atoms with van der Waals surface area (Å²) in [5.41, 5.74) is 0.0118. The fraction of sp³-hybridized carbons (Fsp3) is 0.938. The molecule has 0 saturated carbocycles. The molecule has 3 aliphatic heterocycles. The number of nitrogens with zero attached hydrogens (tertiary/aromatic N) is 3. The molecule has 3 fully saturated rings. The summed E-state index contributed by atoms with van der Waals surface area (Å²) in [6.45, 7) is 7.27. The van der Waals surface area contributed by atoms with E-state index in [9.17, 15) is 4.79 Å². The molecule has 0 bridgehead atoms. The number of likely N-dealkylation sites (N-methyl/N-ethyl adjacent to an activating group) is 1. The van der Waals surface area contributed by atoms with Crippen LogP contribution in [0.1, 0.15) is 19.3 Å². The number of amides is 1. The molecule has 3 saturated heterocycles. The molecule has 3 aliphatic rings. The van der Waals surface area contributed by atoms with Crippen molar-refractivity contribution < 1.29 is 14.3 Å². The molecule has 1 amide bonds. The molecule has 1 atom stereocenters. The number of carbonyl (C=O) groups excluding carboxylic acids is 1. The second-order valence-electron chi connectivity index (χ2n) is 7.01. The molecule has 126 valence electrons. The summed E-state index contributed by atoms with van der Waals surface area (Å²) >= 11 is 0. The molecule has 0 N–H and O–H groups in total. The van der Waals surface area contributed by atoms with Gasteiger partial charge in [0.25, 0.3) is 0 Å². The van der Waals surface area contributed by atoms with Crippen molar-refractivity contribution in [3.05, 3.63) is 0 Å². The monoisotopic (exact) mass is 311 g/mol. The number of hydrogen-bond donors (Lipinski definition) is 0. The lowest BCUT2D eigenvalue weighted by Crippen LogP contribution is -2.50. The van der Waals surface area contributed by atoms with Gasteiger partial charge in [0, 0.05) is 52.4 Å². The molecule has 0 radical (unpaired) electrons. The summed E-state index contributed by atoms with van der Waals surface area (Å²) in [5.74, 6) is 0.103. The highest BCUT2D eigenvalue weighted by Crippen LogP contribution is 2.37. The van der Waals surface area contributed by atoms with Crippen molar-refractivity contribution >= 4 is 5.91 Å². The average molecular weight is 311 g/mol. The normalized spacial score (nSPS) is 30.1. The predicted molar refractivity (Wildman–Crippen MR) is 83.8 cm³/mol. The Morgan fingerprint density at radius 1 is 1.18 bits per heavy atom. The largest absolute Gasteiger partial charge is 0.375 e. The van der Waals surface area contributed by atoms with Crippen LogP contribution >= 0.6 is 0 Å². The van der Waals surface area contributed by atoms with Gasteiger partial charge >= 0.3 is 0 Å². The van der Waals surface area contributed by atoms with E-state index in [4.69, 9.17) is 9.47 Å². The van der Waals surface area contributed by atoms with Crippen molar-refractivity contribution in [2.45, 2.75) is 30.9 Å². The van der Waals surface area contributed by atoms with Crippen LogP contribution in [0.15, 0.2) is 0 Å². The first-order valence-corrected chi connectivity index (χ1v) is 8.45. The minimum atomic E-state index is 0.0118. The summed E-state index contributed by atoms with van der Waals surface area (Å²) in [5, 5.41) is 0. The first-order chi connectivity index (χ1) is 10.6. The maximum Gasteiger partial charge on any atom is 0.248 e. The highest BCUT2D eigenvalue weighted by Gasteiger charge is 2.45. The van der Waals surface area contributed by atoms with Gasteiger partial charge in [-0.15, -0.1) is 0 Å². The van der Waals surface area contributed by atoms with Gasteiger partial charge in [-0.1, -0.05) is 0 Å². The zero-order chi connectivity index (χ0) is 15.6. The van der Waals surface area contributed by atoms with Crippen LogP contribution in [0.4, 0.5) is 0 Å². The molecule has 22 heavy (non-hydrogen) atoms. The van der Waals surface area contributed by atoms with Crippen molar-refractivity contribution in [1.82, 2.24) is 14.7 Å². The molecule has 3 heterocycles. The number of methoxy groups -OCH3 is 1. The first kappa shape index (κ1) is 16.2. The van der Waals surface area contributed by atoms with Crippen LogP contribution in [0.2, 0.25) is 0 Å². The van der Waals surface area contributed by atoms with E-state index in [1.165, 1.54) is 0 Å². The van der Waals surface area contributed by atoms with E-state index >= 15 is 0 Å². The van der Waals surface area contributed by atoms with E-state index in [0.717, 1.165) is 65.1 Å². The van der Waals surface area contributed by atoms with E-state index in [1.807, 2.05) is 4.90 Å². The summed E-state index contributed by atoms with van der Waals surface area (Å²) in [6, 6.07) is 0.565. The third-order valence-corrected chi connectivity index (χ3v) is 5.54. The standard InChI is InChI=1S/C16H29N3O3/c1-17-7-9-18(10-8-17)14-11-16(22-12-14)3-5-19(6-4-16)15(20)13-21-2/h14H,3-13H2,1-2H3/t14-/m1/s1. The lowest BCUT2D eigenvalue weighted by Gasteiger charge is -2.40. The van der Waals surface area contributed by atoms with Crippen LogP contribution < -0.4 is 0 Å². The van der Waals surface area contributed by atoms with Crippen molar-refractivity contribution in [2.24, 2.45) is 0 Å². The maximum absolute atomic E-state index is 11.9. The highest BCUT2D eigenvalue weighted by atomic mass is 16.5. The van der Waals surface area contributed by atoms with Gasteiger partial charge in [0.15, 0.2) is 0 Å². The van der Waals surface area contributed by atoms with Gasteiger partial charge in [-0.05, 0) is 26.3 Å². The van der Waals surface area contributed by atoms with Gasteiger partial charge in [-0.25, -0.2) is 0 Å². The predicted octanol–water partition coefficient (Wildman–Crippen LogP) is 0.0303. The Balaban J connectivity index is 1.49. The van der Waals surface area contributed by atoms with E-state index < -0.39 is 0 Å². The Morgan fingerprint density at radius 2 is 1.86 bits per heavy atom. The van der Waals surface area contributed by atoms with Crippen LogP contribution in [0.3, 0.4) is 0 Å². The molecule has 0 aliphatic carbocycles. The van der Waals surface area contributed by atoms with Crippen molar-refractivity contribution in [1.29, 1.82) is 0 Å². The number of piperidine rings is 1. The van der Waals surface area contributed by atoms with E-state index in [2.05, 4.69) is 16.8 Å². The number of likely N-dealkylation sites (tertiary alicyclic amines) is 1. The lowest BCUT2D eigenvalue weighted by molar-refractivity contribution is -0.139. The molecule has 6 heteroatoms. The summed E-state index contributed by atoms with van der Waals surface area (Å²) in [6.07, 6.45) is 3.06. The third-order valence-electron chi connectivity index (χ3n) is 5.54. The van der Waals surface area contributed by atoms with Gasteiger partial charge in [-0.2, -0.15) is 0 Å². The quantitative estimate of drug-likeness (QED) is 0.736. The van der Waals surface area contributed by atoms with Crippen LogP contribution in [0.25, 0.3) is 0 Å². The molecule has 3 rings (SSSR count). The maximum atomic E-state index is 11.9. The van der Waals surface area contributed by atoms with Crippen molar-refractivity contribution in [2.75, 3.05) is 66.6 Å². The summed E-state index contributed by atoms with van der Waals surface area (Å²) < 4.78 is 11.2. The third kappa shape index (κ3) is 3.45. The minimum Gasteiger partial charge on any atom is -0.375 e. The fourth-order valence-electron chi connectivity index (χ4n) is 3.97. The molecule has 6 nitrogen and oxygen atoms in total. The zero-order valence-corrected chi connectivity index (χ0v) is 13.9. The van der Waals surface area contributed by atoms with Crippen LogP contribution in [-0.4, -0.2) is 98.9 Å². The number of carbonyl (C=O) groups is 1. The molecule has 1 spiro atoms. The van der Waals surface area contributed by atoms with Gasteiger partial charge in [0.2, 0.25) is 5.91 Å². The van der Waals surface area contributed by atoms with Crippen molar-refractivity contribution in [3.8, 4) is 0 Å². The topological polar surface area (TPSA) is 45.2 Å². The summed E-state index contributed by atoms with van der Waals surface area (Å²) in [4.78, 5) is 18.8. The second kappa shape index (κ2) is 6.83. The smallest absolute Gasteiger partial charge is 0.248 e. The van der Waals surface area contributed by atoms with Gasteiger partial charge in [0.05, 0.1) is 12.2 Å². The molecule has 0 aromatic rings. The zero-order valence-electron chi connectivity index (χ0n) is 13.9. The van der Waals surface area contributed by atoms with Gasteiger partial charge in [0.1, 0.15) is 6.61 Å². The number of piperazine rings is 1. The lowest BCUT2D eigenvalue weighted by atomic mass is 9.87. The van der Waals surface area contributed by atoms with E-state index in [0.29, 0.717) is 6.04 Å². The molecule has 0 unspecified atom stereocenters. The fourth-order valence-corrected chi connectivity index (χ4v) is 3.97. The number of hydrogen-bond acceptors (Lipinski definition) is 5. The van der Waals surface area contributed by atoms with Gasteiger partial charge in [-0.3, -0.25) is 9.69 Å². The Kier molecular flexibility index (Phi) is 5.02. The number of ether oxygens (including phenoxy) is 2. The molecular weight excluding hydrogens is 282 g/mol. The molecular formula is C16H29N3O3. The highest BCUT2D eigenvalue weighted by molar-refractivity contribution is 5.77. The number of rotatable bonds is 3. The van der Waals surface area contributed by atoms with E-state index in [-0.39, 0.29) is 18.1 Å². The second-order valence-corrected chi connectivity index (χ2v) is 7.01. The van der Waals surface area contributed by atoms with Crippen molar-refractivity contribution in [3.63, 3.8) is 0 Å². The van der Waals surface area contributed by atoms with Crippen LogP contribution in [0.5, 0.6) is 0 Å². The Morgan fingerprint density at radius 3 is 2.50 bits per heavy atom. The minimum absolute atomic E-state index is 0.0118. The Bertz CT molecular complexity index is 388. The average Bonchev–Trinajstić information content (AvgIpc) is 2.93. The van der Waals surface area contributed by atoms with Crippen LogP contribution in [0, 0.1) is 0 Å². The summed E-state index contributed by atoms with van der Waals surface area (Å²) in [7, 11) is 3.76. The van der Waals surface area contributed by atoms with Gasteiger partial charge < -0.3 is 19.3 Å². The molecule has 0 aromatic carbocycles. The molecule has 0 aromatic heterocycles. The Labute approximate surface area is 133 Å².